The molecule has 1 heterocycles. The van der Waals surface area contributed by atoms with Crippen LogP contribution in [-0.2, 0) is 22.1 Å². The predicted octanol–water partition coefficient (Wildman–Crippen LogP) is 10.6. The van der Waals surface area contributed by atoms with Crippen molar-refractivity contribution in [3.8, 4) is 0 Å². The zero-order valence-electron chi connectivity index (χ0n) is 26.3. The molecule has 0 radical (unpaired) electrons. The first-order valence-electron chi connectivity index (χ1n) is 16.6. The Kier molecular flexibility index (Phi) is 20.0. The summed E-state index contributed by atoms with van der Waals surface area (Å²) >= 11 is -3.75. The summed E-state index contributed by atoms with van der Waals surface area (Å²) in [5.41, 5.74) is 0. The molecule has 40 heavy (non-hydrogen) atoms. The van der Waals surface area contributed by atoms with E-state index in [2.05, 4.69) is 13.8 Å². The molecule has 0 amide bonds. The van der Waals surface area contributed by atoms with E-state index in [-0.39, 0.29) is 6.42 Å². The Morgan fingerprint density at radius 1 is 0.625 bits per heavy atom. The fourth-order valence-electron chi connectivity index (χ4n) is 5.99. The van der Waals surface area contributed by atoms with Crippen LogP contribution in [0.2, 0.25) is 13.3 Å². The molecular weight excluding hydrogens is 621 g/mol. The van der Waals surface area contributed by atoms with E-state index in [1.54, 1.807) is 0 Å². The third-order valence-electron chi connectivity index (χ3n) is 8.29. The molecule has 0 spiro atoms. The Morgan fingerprint density at radius 2 is 0.950 bits per heavy atom. The number of unbranched alkanes of at least 4 members (excludes halogenated alkanes) is 18. The molecule has 236 valence electrons. The molecule has 0 aromatic carbocycles. The van der Waals surface area contributed by atoms with Crippen molar-refractivity contribution < 1.29 is 30.9 Å². The van der Waals surface area contributed by atoms with Crippen molar-refractivity contribution in [1.82, 2.24) is 0 Å². The Morgan fingerprint density at radius 3 is 1.25 bits per heavy atom. The van der Waals surface area contributed by atoms with Crippen molar-refractivity contribution in [1.29, 1.82) is 0 Å². The molecule has 8 heteroatoms. The molecule has 5 nitrogen and oxygen atoms in total. The van der Waals surface area contributed by atoms with Gasteiger partial charge in [0.05, 0.1) is 0 Å². The number of alkyl halides is 2. The van der Waals surface area contributed by atoms with Crippen molar-refractivity contribution in [3.63, 3.8) is 0 Å². The number of hydrogen-bond donors (Lipinski definition) is 0. The van der Waals surface area contributed by atoms with Crippen molar-refractivity contribution in [3.05, 3.63) is 0 Å². The summed E-state index contributed by atoms with van der Waals surface area (Å²) in [4.78, 5) is 23.4. The fraction of sp³-hybridized carbons (Fsp3) is 0.938. The summed E-state index contributed by atoms with van der Waals surface area (Å²) in [6.07, 6.45) is 20.0. The van der Waals surface area contributed by atoms with E-state index in [0.29, 0.717) is 4.44 Å². The molecule has 0 bridgehead atoms. The molecule has 1 aliphatic rings. The van der Waals surface area contributed by atoms with E-state index in [9.17, 15) is 9.59 Å². The van der Waals surface area contributed by atoms with Gasteiger partial charge in [0, 0.05) is 0 Å². The van der Waals surface area contributed by atoms with Gasteiger partial charge in [-0.2, -0.15) is 0 Å². The van der Waals surface area contributed by atoms with Gasteiger partial charge in [-0.1, -0.05) is 0 Å². The minimum atomic E-state index is -3.82. The van der Waals surface area contributed by atoms with Crippen LogP contribution < -0.4 is 0 Å². The van der Waals surface area contributed by atoms with Crippen molar-refractivity contribution >= 4 is 30.7 Å². The average molecular weight is 682 g/mol. The maximum absolute atomic E-state index is 15.6. The van der Waals surface area contributed by atoms with Crippen molar-refractivity contribution in [2.45, 2.75) is 188 Å². The molecule has 1 aliphatic heterocycles. The van der Waals surface area contributed by atoms with E-state index >= 15 is 8.78 Å². The standard InChI is InChI=1S/2C12H25.C8H10F2O5.Sn/c2*1-3-5-7-9-11-12-10-8-6-4-2;1-4-7(8(9,10)13,14-5(2)11)15-6(3)12;/h2*1,3-12H2,2H3;1,4H2,2-3H3;/q;;-1;+1. The van der Waals surface area contributed by atoms with Gasteiger partial charge in [-0.25, -0.2) is 0 Å². The maximum atomic E-state index is 15.6. The van der Waals surface area contributed by atoms with Gasteiger partial charge in [0.25, 0.3) is 0 Å². The number of carbonyl (C=O) groups is 2. The van der Waals surface area contributed by atoms with Gasteiger partial charge < -0.3 is 0 Å². The number of rotatable bonds is 24. The number of halogens is 2. The number of ether oxygens (including phenoxy) is 2. The molecule has 0 saturated carbocycles. The SMILES string of the molecule is CCCCCCCCCCC[CH2][Sn]1([CH2]CCCCCCCCCCC)[CH2]CC(OC(C)=O)(OC(C)=O)C(F)(F)[O]1. The first kappa shape index (κ1) is 37.6. The normalized spacial score (nSPS) is 17.4. The third-order valence-corrected chi connectivity index (χ3v) is 20.8. The molecule has 1 fully saturated rings. The van der Waals surface area contributed by atoms with Gasteiger partial charge in [-0.3, -0.25) is 0 Å². The zero-order valence-corrected chi connectivity index (χ0v) is 29.1. The van der Waals surface area contributed by atoms with Crippen LogP contribution in [-0.4, -0.2) is 42.6 Å². The van der Waals surface area contributed by atoms with Crippen LogP contribution in [0.3, 0.4) is 0 Å². The van der Waals surface area contributed by atoms with Crippen LogP contribution in [0.1, 0.15) is 163 Å². The first-order chi connectivity index (χ1) is 19.1. The van der Waals surface area contributed by atoms with Gasteiger partial charge >= 0.3 is 249 Å². The van der Waals surface area contributed by atoms with Gasteiger partial charge in [0.2, 0.25) is 0 Å². The summed E-state index contributed by atoms with van der Waals surface area (Å²) in [6.45, 7) is 6.57. The Labute approximate surface area is 248 Å². The first-order valence-corrected chi connectivity index (χ1v) is 23.8. The fourth-order valence-corrected chi connectivity index (χ4v) is 18.3. The Bertz CT molecular complexity index is 648. The quantitative estimate of drug-likeness (QED) is 0.0439. The van der Waals surface area contributed by atoms with Crippen LogP contribution in [0, 0.1) is 0 Å². The topological polar surface area (TPSA) is 61.8 Å². The molecule has 0 atom stereocenters. The van der Waals surface area contributed by atoms with E-state index < -0.39 is 42.6 Å². The summed E-state index contributed by atoms with van der Waals surface area (Å²) in [7, 11) is 0. The van der Waals surface area contributed by atoms with E-state index in [1.165, 1.54) is 89.9 Å². The van der Waals surface area contributed by atoms with Crippen LogP contribution in [0.4, 0.5) is 8.78 Å². The van der Waals surface area contributed by atoms with E-state index in [0.717, 1.165) is 61.2 Å². The summed E-state index contributed by atoms with van der Waals surface area (Å²) < 4.78 is 48.9. The molecule has 0 aromatic rings. The van der Waals surface area contributed by atoms with E-state index in [4.69, 9.17) is 12.5 Å². The second kappa shape index (κ2) is 21.3. The molecule has 1 saturated heterocycles. The molecule has 0 unspecified atom stereocenters. The summed E-state index contributed by atoms with van der Waals surface area (Å²) in [5, 5.41) is 0. The second-order valence-electron chi connectivity index (χ2n) is 12.1. The Hall–Kier alpha value is -0.441. The average Bonchev–Trinajstić information content (AvgIpc) is 2.88. The molecule has 1 rings (SSSR count). The number of carbonyl (C=O) groups excluding carboxylic acids is 2. The monoisotopic (exact) mass is 682 g/mol. The van der Waals surface area contributed by atoms with Crippen LogP contribution >= 0.6 is 0 Å². The summed E-state index contributed by atoms with van der Waals surface area (Å²) in [6, 6.07) is 0. The van der Waals surface area contributed by atoms with Gasteiger partial charge in [0.15, 0.2) is 0 Å². The second-order valence-corrected chi connectivity index (χ2v) is 23.7. The molecule has 0 aliphatic carbocycles. The minimum absolute atomic E-state index is 0.176. The Balaban J connectivity index is 2.66. The zero-order chi connectivity index (χ0) is 29.7. The van der Waals surface area contributed by atoms with E-state index in [1.807, 2.05) is 0 Å². The summed E-state index contributed by atoms with van der Waals surface area (Å²) in [5.74, 6) is -4.46. The van der Waals surface area contributed by atoms with Gasteiger partial charge in [-0.05, 0) is 0 Å². The molecule has 0 N–H and O–H groups in total. The predicted molar refractivity (Wildman–Crippen MR) is 161 cm³/mol. The molecular formula is C32H60F2O5Sn. The van der Waals surface area contributed by atoms with Crippen LogP contribution in [0.5, 0.6) is 0 Å². The third kappa shape index (κ3) is 15.2. The number of esters is 2. The van der Waals surface area contributed by atoms with Gasteiger partial charge in [-0.15, -0.1) is 0 Å². The molecule has 0 aromatic heterocycles. The number of hydrogen-bond acceptors (Lipinski definition) is 5. The van der Waals surface area contributed by atoms with Crippen LogP contribution in [0.25, 0.3) is 0 Å². The van der Waals surface area contributed by atoms with Crippen molar-refractivity contribution in [2.75, 3.05) is 0 Å². The van der Waals surface area contributed by atoms with Gasteiger partial charge in [0.1, 0.15) is 0 Å². The van der Waals surface area contributed by atoms with Crippen molar-refractivity contribution in [2.24, 2.45) is 0 Å². The van der Waals surface area contributed by atoms with Crippen LogP contribution in [0.15, 0.2) is 0 Å².